The molecule has 5 nitrogen and oxygen atoms in total. The Hall–Kier alpha value is -2.53. The maximum Gasteiger partial charge on any atom is 0.275 e. The standard InChI is InChI=1S/C23H32N2O3/c1-17(2)19-11-9-18(10-12-19)13-14-24-22(26)16-25(3)15-20-7-6-8-21(27-4)23(20)28-5/h6-12,17H,13-16H2,1-5H3,(H,24,26)/p+1. The number of carbonyl (C=O) groups is 1. The summed E-state index contributed by atoms with van der Waals surface area (Å²) in [5.74, 6) is 2.03. The number of amides is 1. The van der Waals surface area contributed by atoms with Gasteiger partial charge in [0.1, 0.15) is 6.54 Å². The Morgan fingerprint density at radius 1 is 1.07 bits per heavy atom. The molecule has 0 aliphatic rings. The lowest BCUT2D eigenvalue weighted by Crippen LogP contribution is -3.08. The second kappa shape index (κ2) is 10.7. The van der Waals surface area contributed by atoms with E-state index in [1.54, 1.807) is 14.2 Å². The molecule has 0 aromatic heterocycles. The minimum absolute atomic E-state index is 0.0539. The topological polar surface area (TPSA) is 52.0 Å². The molecule has 0 fully saturated rings. The Balaban J connectivity index is 1.80. The minimum Gasteiger partial charge on any atom is -0.493 e. The molecule has 2 N–H and O–H groups in total. The van der Waals surface area contributed by atoms with E-state index in [4.69, 9.17) is 9.47 Å². The number of hydrogen-bond acceptors (Lipinski definition) is 3. The molecular weight excluding hydrogens is 352 g/mol. The highest BCUT2D eigenvalue weighted by atomic mass is 16.5. The highest BCUT2D eigenvalue weighted by Crippen LogP contribution is 2.29. The van der Waals surface area contributed by atoms with Crippen LogP contribution in [-0.4, -0.2) is 40.3 Å². The number of para-hydroxylation sites is 1. The molecular formula is C23H33N2O3+. The van der Waals surface area contributed by atoms with Gasteiger partial charge in [0.15, 0.2) is 18.0 Å². The predicted molar refractivity (Wildman–Crippen MR) is 112 cm³/mol. The third kappa shape index (κ3) is 6.27. The highest BCUT2D eigenvalue weighted by Gasteiger charge is 2.15. The molecule has 1 amide bonds. The summed E-state index contributed by atoms with van der Waals surface area (Å²) in [6, 6.07) is 14.4. The van der Waals surface area contributed by atoms with Crippen molar-refractivity contribution in [1.82, 2.24) is 5.32 Å². The summed E-state index contributed by atoms with van der Waals surface area (Å²) >= 11 is 0. The number of likely N-dealkylation sites (N-methyl/N-ethyl adjacent to an activating group) is 1. The summed E-state index contributed by atoms with van der Waals surface area (Å²) in [5.41, 5.74) is 3.61. The Labute approximate surface area is 168 Å². The zero-order valence-corrected chi connectivity index (χ0v) is 17.7. The molecule has 0 spiro atoms. The zero-order chi connectivity index (χ0) is 20.5. The first-order valence-corrected chi connectivity index (χ1v) is 9.81. The number of nitrogens with one attached hydrogen (secondary N) is 2. The third-order valence-electron chi connectivity index (χ3n) is 4.82. The van der Waals surface area contributed by atoms with Crippen molar-refractivity contribution in [1.29, 1.82) is 0 Å². The van der Waals surface area contributed by atoms with Crippen LogP contribution in [0.1, 0.15) is 36.5 Å². The number of methoxy groups -OCH3 is 2. The maximum atomic E-state index is 12.3. The number of rotatable bonds is 10. The average molecular weight is 386 g/mol. The molecule has 0 saturated carbocycles. The largest absolute Gasteiger partial charge is 0.493 e. The van der Waals surface area contributed by atoms with E-state index >= 15 is 0 Å². The summed E-state index contributed by atoms with van der Waals surface area (Å²) in [6.45, 7) is 6.12. The molecule has 2 aromatic rings. The highest BCUT2D eigenvalue weighted by molar-refractivity contribution is 5.76. The average Bonchev–Trinajstić information content (AvgIpc) is 2.67. The molecule has 0 radical (unpaired) electrons. The molecule has 2 aromatic carbocycles. The van der Waals surface area contributed by atoms with Crippen LogP contribution in [0.2, 0.25) is 0 Å². The molecule has 5 heteroatoms. The van der Waals surface area contributed by atoms with Gasteiger partial charge in [0.05, 0.1) is 26.8 Å². The van der Waals surface area contributed by atoms with Crippen LogP contribution in [0.4, 0.5) is 0 Å². The van der Waals surface area contributed by atoms with Gasteiger partial charge in [0, 0.05) is 6.54 Å². The smallest absolute Gasteiger partial charge is 0.275 e. The van der Waals surface area contributed by atoms with Crippen molar-refractivity contribution in [2.75, 3.05) is 34.4 Å². The molecule has 0 aliphatic carbocycles. The quantitative estimate of drug-likeness (QED) is 0.659. The van der Waals surface area contributed by atoms with Crippen LogP contribution < -0.4 is 19.7 Å². The molecule has 2 rings (SSSR count). The fourth-order valence-corrected chi connectivity index (χ4v) is 3.23. The Morgan fingerprint density at radius 2 is 1.79 bits per heavy atom. The Kier molecular flexibility index (Phi) is 8.33. The molecule has 0 bridgehead atoms. The number of benzene rings is 2. The van der Waals surface area contributed by atoms with Gasteiger partial charge in [0.25, 0.3) is 5.91 Å². The Morgan fingerprint density at radius 3 is 2.39 bits per heavy atom. The van der Waals surface area contributed by atoms with E-state index in [1.807, 2.05) is 25.2 Å². The molecule has 28 heavy (non-hydrogen) atoms. The van der Waals surface area contributed by atoms with Crippen molar-refractivity contribution >= 4 is 5.91 Å². The van der Waals surface area contributed by atoms with Crippen LogP contribution in [0.25, 0.3) is 0 Å². The van der Waals surface area contributed by atoms with Crippen LogP contribution in [0.3, 0.4) is 0 Å². The van der Waals surface area contributed by atoms with Crippen molar-refractivity contribution in [2.45, 2.75) is 32.7 Å². The number of hydrogen-bond donors (Lipinski definition) is 2. The van der Waals surface area contributed by atoms with Gasteiger partial charge in [-0.15, -0.1) is 0 Å². The predicted octanol–water partition coefficient (Wildman–Crippen LogP) is 2.20. The second-order valence-corrected chi connectivity index (χ2v) is 7.46. The summed E-state index contributed by atoms with van der Waals surface area (Å²) < 4.78 is 10.8. The van der Waals surface area contributed by atoms with E-state index < -0.39 is 0 Å². The number of quaternary nitrogens is 1. The monoisotopic (exact) mass is 385 g/mol. The molecule has 0 saturated heterocycles. The summed E-state index contributed by atoms with van der Waals surface area (Å²) in [6.07, 6.45) is 0.840. The van der Waals surface area contributed by atoms with Crippen molar-refractivity contribution in [2.24, 2.45) is 0 Å². The van der Waals surface area contributed by atoms with Crippen LogP contribution in [0.5, 0.6) is 11.5 Å². The van der Waals surface area contributed by atoms with Gasteiger partial charge in [-0.2, -0.15) is 0 Å². The van der Waals surface area contributed by atoms with Crippen molar-refractivity contribution in [3.8, 4) is 11.5 Å². The fourth-order valence-electron chi connectivity index (χ4n) is 3.23. The van der Waals surface area contributed by atoms with Gasteiger partial charge < -0.3 is 19.7 Å². The molecule has 0 heterocycles. The number of ether oxygens (including phenoxy) is 2. The van der Waals surface area contributed by atoms with Gasteiger partial charge in [-0.25, -0.2) is 0 Å². The van der Waals surface area contributed by atoms with Gasteiger partial charge in [-0.1, -0.05) is 44.2 Å². The summed E-state index contributed by atoms with van der Waals surface area (Å²) in [5, 5.41) is 3.02. The molecule has 0 aliphatic heterocycles. The maximum absolute atomic E-state index is 12.3. The van der Waals surface area contributed by atoms with Crippen molar-refractivity contribution in [3.63, 3.8) is 0 Å². The fraction of sp³-hybridized carbons (Fsp3) is 0.435. The van der Waals surface area contributed by atoms with Gasteiger partial charge in [-0.05, 0) is 35.6 Å². The third-order valence-corrected chi connectivity index (χ3v) is 4.82. The van der Waals surface area contributed by atoms with Crippen LogP contribution in [0.15, 0.2) is 42.5 Å². The van der Waals surface area contributed by atoms with Crippen molar-refractivity contribution in [3.05, 3.63) is 59.2 Å². The van der Waals surface area contributed by atoms with E-state index in [9.17, 15) is 4.79 Å². The van der Waals surface area contributed by atoms with Crippen LogP contribution >= 0.6 is 0 Å². The van der Waals surface area contributed by atoms with E-state index in [-0.39, 0.29) is 5.91 Å². The first-order valence-electron chi connectivity index (χ1n) is 9.81. The molecule has 1 atom stereocenters. The van der Waals surface area contributed by atoms with Gasteiger partial charge >= 0.3 is 0 Å². The normalized spacial score (nSPS) is 11.9. The molecule has 1 unspecified atom stereocenters. The number of carbonyl (C=O) groups excluding carboxylic acids is 1. The van der Waals surface area contributed by atoms with E-state index in [2.05, 4.69) is 43.4 Å². The summed E-state index contributed by atoms with van der Waals surface area (Å²) in [4.78, 5) is 13.4. The second-order valence-electron chi connectivity index (χ2n) is 7.46. The van der Waals surface area contributed by atoms with E-state index in [0.717, 1.165) is 22.6 Å². The first kappa shape index (κ1) is 21.8. The minimum atomic E-state index is 0.0539. The lowest BCUT2D eigenvalue weighted by molar-refractivity contribution is -0.885. The first-order chi connectivity index (χ1) is 13.4. The van der Waals surface area contributed by atoms with Crippen LogP contribution in [-0.2, 0) is 17.8 Å². The zero-order valence-electron chi connectivity index (χ0n) is 17.7. The lowest BCUT2D eigenvalue weighted by atomic mass is 10.0. The van der Waals surface area contributed by atoms with E-state index in [1.165, 1.54) is 11.1 Å². The lowest BCUT2D eigenvalue weighted by Gasteiger charge is -2.17. The van der Waals surface area contributed by atoms with Crippen molar-refractivity contribution < 1.29 is 19.2 Å². The molecule has 152 valence electrons. The van der Waals surface area contributed by atoms with Gasteiger partial charge in [0.2, 0.25) is 0 Å². The van der Waals surface area contributed by atoms with Crippen LogP contribution in [0, 0.1) is 0 Å². The van der Waals surface area contributed by atoms with E-state index in [0.29, 0.717) is 31.3 Å². The summed E-state index contributed by atoms with van der Waals surface area (Å²) in [7, 11) is 5.27. The van der Waals surface area contributed by atoms with Gasteiger partial charge in [-0.3, -0.25) is 4.79 Å². The SMILES string of the molecule is COc1cccc(C[NH+](C)CC(=O)NCCc2ccc(C(C)C)cc2)c1OC. The Bertz CT molecular complexity index is 757.